The molecule has 0 radical (unpaired) electrons. The fraction of sp³-hybridized carbons (Fsp3) is 0.500. The molecule has 0 aromatic carbocycles. The van der Waals surface area contributed by atoms with E-state index in [2.05, 4.69) is 15.1 Å². The highest BCUT2D eigenvalue weighted by Crippen LogP contribution is 2.28. The monoisotopic (exact) mass is 376 g/mol. The maximum absolute atomic E-state index is 13.1. The lowest BCUT2D eigenvalue weighted by Gasteiger charge is -2.17. The molecular formula is C16H20N6O3S. The van der Waals surface area contributed by atoms with Gasteiger partial charge in [-0.25, -0.2) is 18.4 Å². The normalized spacial score (nSPS) is 18.0. The Morgan fingerprint density at radius 2 is 2.08 bits per heavy atom. The minimum Gasteiger partial charge on any atom is -0.471 e. The van der Waals surface area contributed by atoms with Crippen LogP contribution in [-0.2, 0) is 16.6 Å². The molecule has 1 saturated heterocycles. The maximum Gasteiger partial charge on any atom is 0.251 e. The molecule has 1 aliphatic heterocycles. The van der Waals surface area contributed by atoms with E-state index in [-0.39, 0.29) is 29.1 Å². The van der Waals surface area contributed by atoms with Gasteiger partial charge in [-0.1, -0.05) is 0 Å². The number of hydrogen-bond donors (Lipinski definition) is 0. The second-order valence-electron chi connectivity index (χ2n) is 6.03. The first-order chi connectivity index (χ1) is 12.4. The van der Waals surface area contributed by atoms with Crippen LogP contribution in [0.2, 0.25) is 0 Å². The molecule has 3 heterocycles. The first kappa shape index (κ1) is 18.3. The van der Waals surface area contributed by atoms with Crippen LogP contribution in [0.1, 0.15) is 30.4 Å². The van der Waals surface area contributed by atoms with Crippen LogP contribution in [0.15, 0.2) is 17.3 Å². The molecule has 10 heteroatoms. The van der Waals surface area contributed by atoms with Crippen LogP contribution < -0.4 is 4.74 Å². The Morgan fingerprint density at radius 3 is 2.73 bits per heavy atom. The van der Waals surface area contributed by atoms with Crippen molar-refractivity contribution >= 4 is 10.0 Å². The van der Waals surface area contributed by atoms with E-state index in [1.807, 2.05) is 13.0 Å². The Balaban J connectivity index is 1.80. The molecule has 2 aromatic heterocycles. The lowest BCUT2D eigenvalue weighted by molar-refractivity contribution is 0.205. The molecule has 1 atom stereocenters. The summed E-state index contributed by atoms with van der Waals surface area (Å²) in [6.45, 7) is 6.53. The third kappa shape index (κ3) is 3.15. The molecule has 1 fully saturated rings. The van der Waals surface area contributed by atoms with E-state index in [9.17, 15) is 8.42 Å². The van der Waals surface area contributed by atoms with Crippen LogP contribution in [0.3, 0.4) is 0 Å². The van der Waals surface area contributed by atoms with Gasteiger partial charge in [0.05, 0.1) is 17.9 Å². The van der Waals surface area contributed by atoms with Crippen molar-refractivity contribution in [1.29, 1.82) is 5.26 Å². The molecule has 0 N–H and O–H groups in total. The summed E-state index contributed by atoms with van der Waals surface area (Å²) < 4.78 is 34.9. The molecule has 0 spiro atoms. The predicted octanol–water partition coefficient (Wildman–Crippen LogP) is 1.02. The minimum atomic E-state index is -3.66. The van der Waals surface area contributed by atoms with Gasteiger partial charge >= 0.3 is 0 Å². The fourth-order valence-corrected chi connectivity index (χ4v) is 5.01. The van der Waals surface area contributed by atoms with Crippen molar-refractivity contribution < 1.29 is 13.2 Å². The molecule has 0 unspecified atom stereocenters. The van der Waals surface area contributed by atoms with Crippen LogP contribution in [0, 0.1) is 25.2 Å². The highest BCUT2D eigenvalue weighted by Gasteiger charge is 2.37. The third-order valence-corrected chi connectivity index (χ3v) is 6.49. The maximum atomic E-state index is 13.1. The average molecular weight is 376 g/mol. The van der Waals surface area contributed by atoms with Gasteiger partial charge in [-0.3, -0.25) is 4.68 Å². The number of rotatable bonds is 5. The molecule has 0 amide bonds. The standard InChI is InChI=1S/C16H20N6O3S/c1-4-22-12(3)15(11(2)20-22)26(23,24)21-8-5-13(10-21)25-16-14(9-17)18-6-7-19-16/h6-7,13H,4-5,8,10H2,1-3H3/t13-/m1/s1. The third-order valence-electron chi connectivity index (χ3n) is 4.37. The second kappa shape index (κ2) is 7.01. The first-order valence-electron chi connectivity index (χ1n) is 8.30. The van der Waals surface area contributed by atoms with E-state index in [0.29, 0.717) is 30.9 Å². The van der Waals surface area contributed by atoms with E-state index >= 15 is 0 Å². The van der Waals surface area contributed by atoms with Crippen molar-refractivity contribution in [1.82, 2.24) is 24.1 Å². The van der Waals surface area contributed by atoms with Crippen molar-refractivity contribution in [2.24, 2.45) is 0 Å². The summed E-state index contributed by atoms with van der Waals surface area (Å²) >= 11 is 0. The number of hydrogen-bond acceptors (Lipinski definition) is 7. The summed E-state index contributed by atoms with van der Waals surface area (Å²) in [5.74, 6) is 0.130. The lowest BCUT2D eigenvalue weighted by atomic mass is 10.3. The molecule has 0 saturated carbocycles. The summed E-state index contributed by atoms with van der Waals surface area (Å²) in [5.41, 5.74) is 1.22. The Bertz CT molecular complexity index is 963. The Hall–Kier alpha value is -2.51. The summed E-state index contributed by atoms with van der Waals surface area (Å²) in [6, 6.07) is 1.92. The van der Waals surface area contributed by atoms with Crippen LogP contribution in [0.25, 0.3) is 0 Å². The van der Waals surface area contributed by atoms with E-state index in [4.69, 9.17) is 10.00 Å². The topological polar surface area (TPSA) is 114 Å². The predicted molar refractivity (Wildman–Crippen MR) is 91.9 cm³/mol. The number of ether oxygens (including phenoxy) is 1. The molecule has 3 rings (SSSR count). The minimum absolute atomic E-state index is 0.0877. The van der Waals surface area contributed by atoms with Crippen molar-refractivity contribution in [3.8, 4) is 11.9 Å². The summed E-state index contributed by atoms with van der Waals surface area (Å²) in [7, 11) is -3.66. The van der Waals surface area contributed by atoms with Crippen LogP contribution in [0.4, 0.5) is 0 Å². The Morgan fingerprint density at radius 1 is 1.35 bits per heavy atom. The number of aromatic nitrogens is 4. The molecule has 26 heavy (non-hydrogen) atoms. The second-order valence-corrected chi connectivity index (χ2v) is 7.90. The van der Waals surface area contributed by atoms with Gasteiger partial charge in [-0.05, 0) is 27.2 Å². The average Bonchev–Trinajstić information content (AvgIpc) is 3.20. The summed E-state index contributed by atoms with van der Waals surface area (Å²) in [4.78, 5) is 8.17. The van der Waals surface area contributed by atoms with E-state index in [1.54, 1.807) is 18.5 Å². The number of aryl methyl sites for hydroxylation is 2. The van der Waals surface area contributed by atoms with Crippen molar-refractivity contribution in [3.63, 3.8) is 0 Å². The van der Waals surface area contributed by atoms with E-state index in [0.717, 1.165) is 0 Å². The Kier molecular flexibility index (Phi) is 4.93. The highest BCUT2D eigenvalue weighted by atomic mass is 32.2. The quantitative estimate of drug-likeness (QED) is 0.765. The van der Waals surface area contributed by atoms with Crippen molar-refractivity contribution in [3.05, 3.63) is 29.5 Å². The van der Waals surface area contributed by atoms with Gasteiger partial charge < -0.3 is 4.74 Å². The van der Waals surface area contributed by atoms with Gasteiger partial charge in [0.25, 0.3) is 5.88 Å². The van der Waals surface area contributed by atoms with Crippen LogP contribution in [0.5, 0.6) is 5.88 Å². The molecule has 1 aliphatic rings. The zero-order chi connectivity index (χ0) is 18.9. The number of nitrogens with zero attached hydrogens (tertiary/aromatic N) is 6. The summed E-state index contributed by atoms with van der Waals surface area (Å²) in [5, 5.41) is 13.4. The molecule has 0 bridgehead atoms. The van der Waals surface area contributed by atoms with Gasteiger partial charge in [0.1, 0.15) is 17.1 Å². The van der Waals surface area contributed by atoms with Gasteiger partial charge in [-0.2, -0.15) is 14.7 Å². The molecule has 138 valence electrons. The fourth-order valence-electron chi connectivity index (χ4n) is 3.15. The number of sulfonamides is 1. The molecule has 9 nitrogen and oxygen atoms in total. The SMILES string of the molecule is CCn1nc(C)c(S(=O)(=O)N2CC[C@@H](Oc3nccnc3C#N)C2)c1C. The van der Waals surface area contributed by atoms with Crippen LogP contribution in [-0.4, -0.2) is 51.7 Å². The van der Waals surface area contributed by atoms with E-state index < -0.39 is 10.0 Å². The van der Waals surface area contributed by atoms with Crippen molar-refractivity contribution in [2.45, 2.75) is 44.7 Å². The Labute approximate surface area is 152 Å². The zero-order valence-corrected chi connectivity index (χ0v) is 15.7. The zero-order valence-electron chi connectivity index (χ0n) is 14.9. The molecule has 2 aromatic rings. The largest absolute Gasteiger partial charge is 0.471 e. The van der Waals surface area contributed by atoms with E-state index in [1.165, 1.54) is 16.7 Å². The van der Waals surface area contributed by atoms with Crippen LogP contribution >= 0.6 is 0 Å². The van der Waals surface area contributed by atoms with Gasteiger partial charge in [0.15, 0.2) is 0 Å². The van der Waals surface area contributed by atoms with Crippen molar-refractivity contribution in [2.75, 3.05) is 13.1 Å². The molecular weight excluding hydrogens is 356 g/mol. The number of nitriles is 1. The lowest BCUT2D eigenvalue weighted by Crippen LogP contribution is -2.32. The van der Waals surface area contributed by atoms with Gasteiger partial charge in [0, 0.05) is 25.5 Å². The summed E-state index contributed by atoms with van der Waals surface area (Å²) in [6.07, 6.45) is 2.98. The molecule has 0 aliphatic carbocycles. The highest BCUT2D eigenvalue weighted by molar-refractivity contribution is 7.89. The first-order valence-corrected chi connectivity index (χ1v) is 9.74. The van der Waals surface area contributed by atoms with Gasteiger partial charge in [-0.15, -0.1) is 0 Å². The smallest absolute Gasteiger partial charge is 0.251 e. The van der Waals surface area contributed by atoms with Gasteiger partial charge in [0.2, 0.25) is 15.7 Å².